The number of piperidine rings is 1. The van der Waals surface area contributed by atoms with E-state index < -0.39 is 0 Å². The monoisotopic (exact) mass is 305 g/mol. The van der Waals surface area contributed by atoms with Gasteiger partial charge in [-0.25, -0.2) is 5.43 Å². The second-order valence-corrected chi connectivity index (χ2v) is 7.55. The summed E-state index contributed by atoms with van der Waals surface area (Å²) in [5, 5.41) is 7.72. The highest BCUT2D eigenvalue weighted by molar-refractivity contribution is 5.87. The molecular weight excluding hydrogens is 274 g/mol. The summed E-state index contributed by atoms with van der Waals surface area (Å²) in [6, 6.07) is -0.0422. The highest BCUT2D eigenvalue weighted by Crippen LogP contribution is 2.42. The van der Waals surface area contributed by atoms with Gasteiger partial charge in [-0.05, 0) is 63.3 Å². The Balaban J connectivity index is 1.49. The van der Waals surface area contributed by atoms with E-state index in [4.69, 9.17) is 0 Å². The van der Waals surface area contributed by atoms with Crippen LogP contribution in [0.2, 0.25) is 0 Å². The summed E-state index contributed by atoms with van der Waals surface area (Å²) in [4.78, 5) is 12.1. The van der Waals surface area contributed by atoms with Crippen LogP contribution in [0.5, 0.6) is 0 Å². The summed E-state index contributed by atoms with van der Waals surface area (Å²) in [6.45, 7) is 3.05. The Labute approximate surface area is 134 Å². The van der Waals surface area contributed by atoms with E-state index in [9.17, 15) is 4.79 Å². The van der Waals surface area contributed by atoms with Crippen LogP contribution in [0.3, 0.4) is 0 Å². The van der Waals surface area contributed by atoms with Crippen LogP contribution in [0.15, 0.2) is 5.10 Å². The third kappa shape index (κ3) is 3.89. The van der Waals surface area contributed by atoms with Crippen molar-refractivity contribution in [2.24, 2.45) is 22.9 Å². The van der Waals surface area contributed by atoms with Crippen molar-refractivity contribution in [1.82, 2.24) is 10.7 Å². The van der Waals surface area contributed by atoms with Gasteiger partial charge in [-0.2, -0.15) is 5.10 Å². The fraction of sp³-hybridized carbons (Fsp3) is 0.889. The average Bonchev–Trinajstić information content (AvgIpc) is 2.59. The van der Waals surface area contributed by atoms with Crippen LogP contribution in [-0.2, 0) is 4.79 Å². The van der Waals surface area contributed by atoms with Crippen molar-refractivity contribution in [3.05, 3.63) is 0 Å². The van der Waals surface area contributed by atoms with Crippen LogP contribution in [-0.4, -0.2) is 24.2 Å². The summed E-state index contributed by atoms with van der Waals surface area (Å²) in [7, 11) is 0. The van der Waals surface area contributed by atoms with Crippen LogP contribution in [0.4, 0.5) is 0 Å². The lowest BCUT2D eigenvalue weighted by atomic mass is 9.67. The first-order chi connectivity index (χ1) is 10.7. The minimum atomic E-state index is -0.0422. The molecule has 4 unspecified atom stereocenters. The van der Waals surface area contributed by atoms with Crippen LogP contribution in [0.25, 0.3) is 0 Å². The molecule has 3 fully saturated rings. The Kier molecular flexibility index (Phi) is 5.51. The van der Waals surface area contributed by atoms with Gasteiger partial charge in [-0.15, -0.1) is 0 Å². The molecule has 2 aliphatic carbocycles. The topological polar surface area (TPSA) is 53.5 Å². The highest BCUT2D eigenvalue weighted by Gasteiger charge is 2.33. The normalized spacial score (nSPS) is 36.5. The Morgan fingerprint density at radius 2 is 1.77 bits per heavy atom. The lowest BCUT2D eigenvalue weighted by Gasteiger charge is -2.39. The van der Waals surface area contributed by atoms with Crippen molar-refractivity contribution in [2.75, 3.05) is 6.54 Å². The number of carbonyl (C=O) groups excluding carboxylic acids is 1. The number of rotatable bonds is 3. The molecule has 4 nitrogen and oxygen atoms in total. The molecule has 3 aliphatic rings. The van der Waals surface area contributed by atoms with E-state index in [-0.39, 0.29) is 11.9 Å². The Hall–Kier alpha value is -0.900. The maximum absolute atomic E-state index is 12.1. The maximum Gasteiger partial charge on any atom is 0.257 e. The van der Waals surface area contributed by atoms with Crippen molar-refractivity contribution in [3.63, 3.8) is 0 Å². The summed E-state index contributed by atoms with van der Waals surface area (Å²) in [5.41, 5.74) is 3.94. The average molecular weight is 305 g/mol. The Morgan fingerprint density at radius 1 is 1.00 bits per heavy atom. The van der Waals surface area contributed by atoms with E-state index in [1.165, 1.54) is 51.4 Å². The third-order valence-electron chi connectivity index (χ3n) is 6.10. The first-order valence-electron chi connectivity index (χ1n) is 9.31. The molecule has 3 rings (SSSR count). The molecule has 2 saturated carbocycles. The molecule has 2 N–H and O–H groups in total. The van der Waals surface area contributed by atoms with Crippen molar-refractivity contribution in [2.45, 2.75) is 77.2 Å². The minimum Gasteiger partial charge on any atom is -0.306 e. The quantitative estimate of drug-likeness (QED) is 0.621. The molecule has 0 bridgehead atoms. The molecule has 1 saturated heterocycles. The number of hydrogen-bond donors (Lipinski definition) is 2. The van der Waals surface area contributed by atoms with E-state index in [0.717, 1.165) is 36.9 Å². The largest absolute Gasteiger partial charge is 0.306 e. The van der Waals surface area contributed by atoms with Gasteiger partial charge in [-0.1, -0.05) is 32.1 Å². The summed E-state index contributed by atoms with van der Waals surface area (Å²) in [5.74, 6) is 2.51. The first-order valence-corrected chi connectivity index (χ1v) is 9.31. The zero-order chi connectivity index (χ0) is 15.4. The Bertz CT molecular complexity index is 415. The number of fused-ring (bicyclic) bond motifs is 1. The molecule has 0 aromatic heterocycles. The van der Waals surface area contributed by atoms with Gasteiger partial charge in [-0.3, -0.25) is 4.79 Å². The van der Waals surface area contributed by atoms with E-state index in [0.29, 0.717) is 5.92 Å². The van der Waals surface area contributed by atoms with Gasteiger partial charge >= 0.3 is 0 Å². The van der Waals surface area contributed by atoms with Gasteiger partial charge in [0, 0.05) is 5.71 Å². The van der Waals surface area contributed by atoms with Crippen molar-refractivity contribution in [3.8, 4) is 0 Å². The van der Waals surface area contributed by atoms with Crippen LogP contribution in [0.1, 0.15) is 71.1 Å². The fourth-order valence-electron chi connectivity index (χ4n) is 4.64. The minimum absolute atomic E-state index is 0.0422. The number of amides is 1. The lowest BCUT2D eigenvalue weighted by molar-refractivity contribution is -0.123. The van der Waals surface area contributed by atoms with Crippen LogP contribution >= 0.6 is 0 Å². The summed E-state index contributed by atoms with van der Waals surface area (Å²) >= 11 is 0. The first kappa shape index (κ1) is 16.0. The second-order valence-electron chi connectivity index (χ2n) is 7.55. The third-order valence-corrected chi connectivity index (χ3v) is 6.10. The number of nitrogens with one attached hydrogen (secondary N) is 2. The number of hydrogen-bond acceptors (Lipinski definition) is 3. The molecule has 1 heterocycles. The van der Waals surface area contributed by atoms with Gasteiger partial charge in [0.15, 0.2) is 0 Å². The molecule has 0 aromatic rings. The standard InChI is InChI=1S/C18H31N3O/c1-13(20-21-18(22)17-8-4-5-11-19-17)15-10-9-14-6-2-3-7-16(14)12-15/h14-17,19H,2-12H2,1H3,(H,21,22)/b20-13-. The molecule has 4 heteroatoms. The van der Waals surface area contributed by atoms with Crippen molar-refractivity contribution in [1.29, 1.82) is 0 Å². The molecule has 1 amide bonds. The highest BCUT2D eigenvalue weighted by atomic mass is 16.2. The molecular formula is C18H31N3O. The van der Waals surface area contributed by atoms with Crippen molar-refractivity contribution >= 4 is 11.6 Å². The number of hydrazone groups is 1. The van der Waals surface area contributed by atoms with Gasteiger partial charge in [0.2, 0.25) is 0 Å². The summed E-state index contributed by atoms with van der Waals surface area (Å²) in [6.07, 6.45) is 12.9. The van der Waals surface area contributed by atoms with Gasteiger partial charge in [0.1, 0.15) is 0 Å². The predicted octanol–water partition coefficient (Wildman–Crippen LogP) is 3.23. The molecule has 4 atom stereocenters. The van der Waals surface area contributed by atoms with E-state index in [1.807, 2.05) is 0 Å². The summed E-state index contributed by atoms with van der Waals surface area (Å²) < 4.78 is 0. The molecule has 22 heavy (non-hydrogen) atoms. The van der Waals surface area contributed by atoms with Crippen molar-refractivity contribution < 1.29 is 4.79 Å². The molecule has 0 spiro atoms. The van der Waals surface area contributed by atoms with Gasteiger partial charge in [0.05, 0.1) is 6.04 Å². The molecule has 1 aliphatic heterocycles. The fourth-order valence-corrected chi connectivity index (χ4v) is 4.64. The lowest BCUT2D eigenvalue weighted by Crippen LogP contribution is -2.45. The molecule has 0 radical (unpaired) electrons. The van der Waals surface area contributed by atoms with E-state index >= 15 is 0 Å². The zero-order valence-corrected chi connectivity index (χ0v) is 13.9. The second kappa shape index (κ2) is 7.58. The molecule has 0 aromatic carbocycles. The zero-order valence-electron chi connectivity index (χ0n) is 13.9. The molecule has 124 valence electrons. The number of carbonyl (C=O) groups is 1. The number of nitrogens with zero attached hydrogens (tertiary/aromatic N) is 1. The van der Waals surface area contributed by atoms with E-state index in [2.05, 4.69) is 22.8 Å². The SMILES string of the molecule is C/C(=N/NC(=O)C1CCCCN1)C1CCC2CCCCC2C1. The van der Waals surface area contributed by atoms with Gasteiger partial charge in [0.25, 0.3) is 5.91 Å². The van der Waals surface area contributed by atoms with Gasteiger partial charge < -0.3 is 5.32 Å². The Morgan fingerprint density at radius 3 is 2.55 bits per heavy atom. The van der Waals surface area contributed by atoms with E-state index in [1.54, 1.807) is 0 Å². The van der Waals surface area contributed by atoms with Crippen LogP contribution < -0.4 is 10.7 Å². The maximum atomic E-state index is 12.1. The predicted molar refractivity (Wildman–Crippen MR) is 89.7 cm³/mol. The van der Waals surface area contributed by atoms with Crippen LogP contribution in [0, 0.1) is 17.8 Å². The smallest absolute Gasteiger partial charge is 0.257 e.